The Bertz CT molecular complexity index is 337. The second kappa shape index (κ2) is 3.17. The predicted octanol–water partition coefficient (Wildman–Crippen LogP) is 0.999. The summed E-state index contributed by atoms with van der Waals surface area (Å²) in [6.07, 6.45) is 1.35. The number of nitrogens with zero attached hydrogens (tertiary/aromatic N) is 3. The van der Waals surface area contributed by atoms with Gasteiger partial charge < -0.3 is 10.2 Å². The number of anilines is 1. The van der Waals surface area contributed by atoms with Crippen LogP contribution in [0.5, 0.6) is 0 Å². The zero-order chi connectivity index (χ0) is 9.54. The van der Waals surface area contributed by atoms with Crippen LogP contribution < -0.4 is 5.32 Å². The van der Waals surface area contributed by atoms with E-state index in [2.05, 4.69) is 19.6 Å². The molecule has 5 heteroatoms. The molecule has 2 aliphatic heterocycles. The third kappa shape index (κ3) is 1.23. The van der Waals surface area contributed by atoms with Crippen LogP contribution in [0.15, 0.2) is 0 Å². The molecule has 0 spiro atoms. The van der Waals surface area contributed by atoms with Crippen LogP contribution in [0.2, 0.25) is 0 Å². The van der Waals surface area contributed by atoms with Gasteiger partial charge >= 0.3 is 0 Å². The first-order valence-corrected chi connectivity index (χ1v) is 5.88. The number of hydrogen-bond acceptors (Lipinski definition) is 5. The van der Waals surface area contributed by atoms with Gasteiger partial charge in [0.1, 0.15) is 5.01 Å². The number of hydrogen-bond donors (Lipinski definition) is 1. The van der Waals surface area contributed by atoms with Gasteiger partial charge in [-0.2, -0.15) is 4.37 Å². The summed E-state index contributed by atoms with van der Waals surface area (Å²) < 4.78 is 4.26. The molecule has 2 aliphatic rings. The van der Waals surface area contributed by atoms with Gasteiger partial charge in [-0.3, -0.25) is 0 Å². The summed E-state index contributed by atoms with van der Waals surface area (Å²) in [7, 11) is 1.87. The van der Waals surface area contributed by atoms with Gasteiger partial charge in [0, 0.05) is 26.1 Å². The number of rotatable bonds is 2. The first kappa shape index (κ1) is 8.61. The Morgan fingerprint density at radius 3 is 3.00 bits per heavy atom. The van der Waals surface area contributed by atoms with Crippen molar-refractivity contribution in [2.45, 2.75) is 12.3 Å². The summed E-state index contributed by atoms with van der Waals surface area (Å²) in [5, 5.41) is 4.21. The van der Waals surface area contributed by atoms with Crippen molar-refractivity contribution in [3.05, 3.63) is 5.01 Å². The van der Waals surface area contributed by atoms with Crippen molar-refractivity contribution >= 4 is 17.5 Å². The summed E-state index contributed by atoms with van der Waals surface area (Å²) >= 11 is 1.56. The lowest BCUT2D eigenvalue weighted by Crippen LogP contribution is -2.22. The van der Waals surface area contributed by atoms with E-state index >= 15 is 0 Å². The lowest BCUT2D eigenvalue weighted by molar-refractivity contribution is 0.346. The Kier molecular flexibility index (Phi) is 1.95. The molecule has 14 heavy (non-hydrogen) atoms. The molecule has 1 N–H and O–H groups in total. The van der Waals surface area contributed by atoms with Crippen molar-refractivity contribution in [1.82, 2.24) is 14.3 Å². The molecule has 2 fully saturated rings. The van der Waals surface area contributed by atoms with Crippen molar-refractivity contribution in [3.63, 3.8) is 0 Å². The standard InChI is InChI=1S/C9H14N4S/c1-10-9-11-8(14-12-9)7-5-13-3-2-6(7)4-13/h6-7H,2-5H2,1H3,(H,10,12). The fourth-order valence-corrected chi connectivity index (χ4v) is 3.39. The van der Waals surface area contributed by atoms with Gasteiger partial charge in [-0.25, -0.2) is 4.98 Å². The third-order valence-electron chi connectivity index (χ3n) is 3.32. The van der Waals surface area contributed by atoms with Crippen LogP contribution in [-0.2, 0) is 0 Å². The van der Waals surface area contributed by atoms with E-state index in [0.717, 1.165) is 11.9 Å². The van der Waals surface area contributed by atoms with Gasteiger partial charge in [-0.1, -0.05) is 0 Å². The maximum atomic E-state index is 4.50. The Balaban J connectivity index is 1.82. The van der Waals surface area contributed by atoms with Gasteiger partial charge in [-0.15, -0.1) is 0 Å². The highest BCUT2D eigenvalue weighted by Crippen LogP contribution is 2.40. The molecule has 3 heterocycles. The highest BCUT2D eigenvalue weighted by atomic mass is 32.1. The number of aromatic nitrogens is 2. The van der Waals surface area contributed by atoms with E-state index in [9.17, 15) is 0 Å². The Labute approximate surface area is 87.5 Å². The lowest BCUT2D eigenvalue weighted by atomic mass is 9.93. The summed E-state index contributed by atoms with van der Waals surface area (Å²) in [6.45, 7) is 3.76. The molecule has 1 aromatic rings. The molecule has 0 amide bonds. The normalized spacial score (nSPS) is 35.1. The van der Waals surface area contributed by atoms with Crippen molar-refractivity contribution in [2.75, 3.05) is 32.0 Å². The van der Waals surface area contributed by atoms with E-state index in [4.69, 9.17) is 0 Å². The van der Waals surface area contributed by atoms with E-state index < -0.39 is 0 Å². The van der Waals surface area contributed by atoms with Gasteiger partial charge in [0.2, 0.25) is 5.95 Å². The topological polar surface area (TPSA) is 41.1 Å². The van der Waals surface area contributed by atoms with Crippen LogP contribution in [-0.4, -0.2) is 40.9 Å². The molecular formula is C9H14N4S. The van der Waals surface area contributed by atoms with Gasteiger partial charge in [0.05, 0.1) is 0 Å². The van der Waals surface area contributed by atoms with Crippen molar-refractivity contribution in [3.8, 4) is 0 Å². The van der Waals surface area contributed by atoms with Crippen LogP contribution in [0, 0.1) is 5.92 Å². The van der Waals surface area contributed by atoms with Crippen molar-refractivity contribution in [1.29, 1.82) is 0 Å². The zero-order valence-corrected chi connectivity index (χ0v) is 9.05. The van der Waals surface area contributed by atoms with Crippen LogP contribution in [0.1, 0.15) is 17.3 Å². The van der Waals surface area contributed by atoms with Crippen molar-refractivity contribution < 1.29 is 0 Å². The van der Waals surface area contributed by atoms with E-state index in [1.165, 1.54) is 31.1 Å². The van der Waals surface area contributed by atoms with Crippen LogP contribution in [0.4, 0.5) is 5.95 Å². The number of piperidine rings is 1. The van der Waals surface area contributed by atoms with Gasteiger partial charge in [0.15, 0.2) is 0 Å². The third-order valence-corrected chi connectivity index (χ3v) is 4.16. The quantitative estimate of drug-likeness (QED) is 0.790. The highest BCUT2D eigenvalue weighted by molar-refractivity contribution is 7.05. The van der Waals surface area contributed by atoms with E-state index in [1.54, 1.807) is 11.5 Å². The molecular weight excluding hydrogens is 196 g/mol. The molecule has 2 saturated heterocycles. The Hall–Kier alpha value is -0.680. The monoisotopic (exact) mass is 210 g/mol. The number of nitrogens with one attached hydrogen (secondary N) is 1. The minimum absolute atomic E-state index is 0.656. The summed E-state index contributed by atoms with van der Waals surface area (Å²) in [5.41, 5.74) is 0. The summed E-state index contributed by atoms with van der Waals surface area (Å²) in [4.78, 5) is 7.04. The zero-order valence-electron chi connectivity index (χ0n) is 8.23. The van der Waals surface area contributed by atoms with Crippen LogP contribution >= 0.6 is 11.5 Å². The summed E-state index contributed by atoms with van der Waals surface area (Å²) in [5.74, 6) is 2.28. The largest absolute Gasteiger partial charge is 0.357 e. The first-order chi connectivity index (χ1) is 6.86. The van der Waals surface area contributed by atoms with E-state index in [1.807, 2.05) is 7.05 Å². The van der Waals surface area contributed by atoms with Gasteiger partial charge in [0.25, 0.3) is 0 Å². The fraction of sp³-hybridized carbons (Fsp3) is 0.778. The molecule has 0 aliphatic carbocycles. The molecule has 2 bridgehead atoms. The van der Waals surface area contributed by atoms with Crippen molar-refractivity contribution in [2.24, 2.45) is 5.92 Å². The van der Waals surface area contributed by atoms with Crippen LogP contribution in [0.25, 0.3) is 0 Å². The van der Waals surface area contributed by atoms with Gasteiger partial charge in [-0.05, 0) is 30.4 Å². The molecule has 0 saturated carbocycles. The van der Waals surface area contributed by atoms with E-state index in [-0.39, 0.29) is 0 Å². The maximum Gasteiger partial charge on any atom is 0.234 e. The fourth-order valence-electron chi connectivity index (χ4n) is 2.55. The maximum absolute atomic E-state index is 4.50. The molecule has 0 aromatic carbocycles. The molecule has 0 radical (unpaired) electrons. The smallest absolute Gasteiger partial charge is 0.234 e. The Morgan fingerprint density at radius 1 is 1.50 bits per heavy atom. The predicted molar refractivity (Wildman–Crippen MR) is 56.7 cm³/mol. The molecule has 3 atom stereocenters. The first-order valence-electron chi connectivity index (χ1n) is 5.10. The molecule has 3 rings (SSSR count). The second-order valence-corrected chi connectivity index (χ2v) is 4.90. The molecule has 76 valence electrons. The van der Waals surface area contributed by atoms with E-state index in [0.29, 0.717) is 5.92 Å². The lowest BCUT2D eigenvalue weighted by Gasteiger charge is -2.19. The minimum Gasteiger partial charge on any atom is -0.357 e. The SMILES string of the molecule is CNc1nsc(C2CN3CCC2C3)n1. The average molecular weight is 210 g/mol. The van der Waals surface area contributed by atoms with Crippen LogP contribution in [0.3, 0.4) is 0 Å². The number of fused-ring (bicyclic) bond motifs is 2. The average Bonchev–Trinajstić information content (AvgIpc) is 2.93. The molecule has 3 unspecified atom stereocenters. The Morgan fingerprint density at radius 2 is 2.43 bits per heavy atom. The summed E-state index contributed by atoms with van der Waals surface area (Å²) in [6, 6.07) is 0. The highest BCUT2D eigenvalue weighted by Gasteiger charge is 2.40. The minimum atomic E-state index is 0.656. The molecule has 1 aromatic heterocycles. The molecule has 4 nitrogen and oxygen atoms in total. The second-order valence-electron chi connectivity index (χ2n) is 4.12.